The van der Waals surface area contributed by atoms with Crippen LogP contribution in [-0.4, -0.2) is 56.7 Å². The van der Waals surface area contributed by atoms with E-state index in [1.54, 1.807) is 0 Å². The fourth-order valence-electron chi connectivity index (χ4n) is 0.763. The second-order valence-corrected chi connectivity index (χ2v) is 4.30. The zero-order valence-electron chi connectivity index (χ0n) is 7.98. The van der Waals surface area contributed by atoms with E-state index in [1.165, 1.54) is 0 Å². The van der Waals surface area contributed by atoms with Crippen LogP contribution in [0, 0.1) is 0 Å². The van der Waals surface area contributed by atoms with Crippen molar-refractivity contribution in [3.05, 3.63) is 0 Å². The Morgan fingerprint density at radius 3 is 2.00 bits per heavy atom. The van der Waals surface area contributed by atoms with E-state index in [2.05, 4.69) is 5.32 Å². The minimum absolute atomic E-state index is 0.0961. The van der Waals surface area contributed by atoms with Gasteiger partial charge in [-0.2, -0.15) is 8.42 Å². The van der Waals surface area contributed by atoms with Crippen molar-refractivity contribution in [3.8, 4) is 0 Å². The van der Waals surface area contributed by atoms with E-state index >= 15 is 0 Å². The third-order valence-corrected chi connectivity index (χ3v) is 2.21. The first kappa shape index (κ1) is 13.8. The van der Waals surface area contributed by atoms with E-state index in [0.29, 0.717) is 0 Å². The minimum atomic E-state index is -3.85. The molecule has 0 aliphatic carbocycles. The van der Waals surface area contributed by atoms with Crippen molar-refractivity contribution in [1.29, 1.82) is 0 Å². The molecule has 1 rings (SSSR count). The monoisotopic (exact) mass is 227 g/mol. The summed E-state index contributed by atoms with van der Waals surface area (Å²) < 4.78 is 32.7. The van der Waals surface area contributed by atoms with Gasteiger partial charge < -0.3 is 15.2 Å². The van der Waals surface area contributed by atoms with Crippen molar-refractivity contribution in [2.75, 3.05) is 38.7 Å². The summed E-state index contributed by atoms with van der Waals surface area (Å²) in [4.78, 5) is 0. The number of nitrogens with one attached hydrogen (secondary N) is 1. The van der Waals surface area contributed by atoms with Gasteiger partial charge in [-0.3, -0.25) is 4.55 Å². The average molecular weight is 227 g/mol. The van der Waals surface area contributed by atoms with E-state index in [4.69, 9.17) is 14.4 Å². The molecule has 1 aliphatic heterocycles. The molecule has 6 nitrogen and oxygen atoms in total. The molecule has 0 bridgehead atoms. The standard InChI is InChI=1S/C4H9NO.C3H8O4S/c1-3-6-4-2-5-1;4-2-1-3-8(5,6)7/h5H,1-4H2;4H,1-3H2,(H,5,6,7). The van der Waals surface area contributed by atoms with Gasteiger partial charge in [-0.05, 0) is 6.42 Å². The molecule has 0 amide bonds. The Morgan fingerprint density at radius 1 is 1.29 bits per heavy atom. The van der Waals surface area contributed by atoms with E-state index in [-0.39, 0.29) is 18.8 Å². The SMILES string of the molecule is C1COCCN1.O=S(=O)(O)CCCO. The molecule has 3 N–H and O–H groups in total. The number of aliphatic hydroxyl groups is 1. The van der Waals surface area contributed by atoms with Crippen LogP contribution in [-0.2, 0) is 14.9 Å². The first-order chi connectivity index (χ1) is 6.56. The molecule has 1 fully saturated rings. The normalized spacial score (nSPS) is 17.0. The Balaban J connectivity index is 0.000000249. The second-order valence-electron chi connectivity index (χ2n) is 2.73. The molecule has 0 radical (unpaired) electrons. The van der Waals surface area contributed by atoms with Crippen molar-refractivity contribution < 1.29 is 22.8 Å². The molecule has 0 unspecified atom stereocenters. The molecule has 14 heavy (non-hydrogen) atoms. The molecule has 1 heterocycles. The van der Waals surface area contributed by atoms with Gasteiger partial charge in [0.05, 0.1) is 19.0 Å². The Kier molecular flexibility index (Phi) is 8.01. The third kappa shape index (κ3) is 11.8. The molecule has 0 aromatic carbocycles. The van der Waals surface area contributed by atoms with Crippen LogP contribution in [0.5, 0.6) is 0 Å². The van der Waals surface area contributed by atoms with Gasteiger partial charge in [0.1, 0.15) is 0 Å². The molecule has 1 aliphatic rings. The van der Waals surface area contributed by atoms with Gasteiger partial charge in [-0.1, -0.05) is 0 Å². The van der Waals surface area contributed by atoms with Crippen LogP contribution in [0.15, 0.2) is 0 Å². The summed E-state index contributed by atoms with van der Waals surface area (Å²) in [6.45, 7) is 3.62. The van der Waals surface area contributed by atoms with Crippen LogP contribution in [0.1, 0.15) is 6.42 Å². The Bertz CT molecular complexity index is 201. The lowest BCUT2D eigenvalue weighted by Gasteiger charge is -2.10. The summed E-state index contributed by atoms with van der Waals surface area (Å²) in [6.07, 6.45) is 0.0961. The van der Waals surface area contributed by atoms with Crippen LogP contribution < -0.4 is 5.32 Å². The van der Waals surface area contributed by atoms with Crippen LogP contribution in [0.25, 0.3) is 0 Å². The zero-order valence-corrected chi connectivity index (χ0v) is 8.79. The van der Waals surface area contributed by atoms with Gasteiger partial charge in [0.2, 0.25) is 0 Å². The number of morpholine rings is 1. The highest BCUT2D eigenvalue weighted by atomic mass is 32.2. The number of aliphatic hydroxyl groups excluding tert-OH is 1. The van der Waals surface area contributed by atoms with Crippen LogP contribution >= 0.6 is 0 Å². The first-order valence-electron chi connectivity index (χ1n) is 4.41. The lowest BCUT2D eigenvalue weighted by Crippen LogP contribution is -2.30. The highest BCUT2D eigenvalue weighted by Gasteiger charge is 2.00. The van der Waals surface area contributed by atoms with Crippen molar-refractivity contribution in [2.45, 2.75) is 6.42 Å². The van der Waals surface area contributed by atoms with E-state index in [0.717, 1.165) is 26.3 Å². The molecule has 0 saturated carbocycles. The van der Waals surface area contributed by atoms with Crippen molar-refractivity contribution in [3.63, 3.8) is 0 Å². The minimum Gasteiger partial charge on any atom is -0.396 e. The highest BCUT2D eigenvalue weighted by molar-refractivity contribution is 7.85. The van der Waals surface area contributed by atoms with Gasteiger partial charge in [-0.15, -0.1) is 0 Å². The predicted octanol–water partition coefficient (Wildman–Crippen LogP) is -1.14. The lowest BCUT2D eigenvalue weighted by molar-refractivity contribution is 0.109. The zero-order chi connectivity index (χ0) is 10.9. The van der Waals surface area contributed by atoms with Gasteiger partial charge in [0.25, 0.3) is 10.1 Å². The molecular weight excluding hydrogens is 210 g/mol. The van der Waals surface area contributed by atoms with E-state index < -0.39 is 10.1 Å². The molecular formula is C7H17NO5S. The Morgan fingerprint density at radius 2 is 1.86 bits per heavy atom. The fraction of sp³-hybridized carbons (Fsp3) is 1.00. The maximum Gasteiger partial charge on any atom is 0.264 e. The maximum atomic E-state index is 9.83. The Hall–Kier alpha value is -0.210. The molecule has 1 saturated heterocycles. The molecule has 0 aromatic rings. The van der Waals surface area contributed by atoms with Crippen LogP contribution in [0.2, 0.25) is 0 Å². The summed E-state index contributed by atoms with van der Waals surface area (Å²) in [7, 11) is -3.85. The largest absolute Gasteiger partial charge is 0.396 e. The Labute approximate surface area is 84.0 Å². The summed E-state index contributed by atoms with van der Waals surface area (Å²) in [5.41, 5.74) is 0. The van der Waals surface area contributed by atoms with Gasteiger partial charge in [-0.25, -0.2) is 0 Å². The number of hydrogen-bond acceptors (Lipinski definition) is 5. The molecule has 0 spiro atoms. The first-order valence-corrected chi connectivity index (χ1v) is 6.01. The summed E-state index contributed by atoms with van der Waals surface area (Å²) in [5.74, 6) is -0.358. The second kappa shape index (κ2) is 8.13. The smallest absolute Gasteiger partial charge is 0.264 e. The predicted molar refractivity (Wildman–Crippen MR) is 51.8 cm³/mol. The molecule has 0 atom stereocenters. The molecule has 7 heteroatoms. The fourth-order valence-corrected chi connectivity index (χ4v) is 1.26. The quantitative estimate of drug-likeness (QED) is 0.528. The lowest BCUT2D eigenvalue weighted by atomic mass is 10.5. The number of ether oxygens (including phenoxy) is 1. The van der Waals surface area contributed by atoms with E-state index in [1.807, 2.05) is 0 Å². The van der Waals surface area contributed by atoms with Crippen LogP contribution in [0.3, 0.4) is 0 Å². The molecule has 86 valence electrons. The maximum absolute atomic E-state index is 9.83. The number of hydrogen-bond donors (Lipinski definition) is 3. The summed E-state index contributed by atoms with van der Waals surface area (Å²) in [6, 6.07) is 0. The number of rotatable bonds is 3. The highest BCUT2D eigenvalue weighted by Crippen LogP contribution is 1.84. The topological polar surface area (TPSA) is 95.9 Å². The molecule has 0 aromatic heterocycles. The van der Waals surface area contributed by atoms with Gasteiger partial charge in [0.15, 0.2) is 0 Å². The summed E-state index contributed by atoms with van der Waals surface area (Å²) in [5, 5.41) is 11.2. The van der Waals surface area contributed by atoms with Gasteiger partial charge >= 0.3 is 0 Å². The van der Waals surface area contributed by atoms with E-state index in [9.17, 15) is 8.42 Å². The van der Waals surface area contributed by atoms with Gasteiger partial charge in [0, 0.05) is 19.7 Å². The van der Waals surface area contributed by atoms with Crippen molar-refractivity contribution >= 4 is 10.1 Å². The van der Waals surface area contributed by atoms with Crippen LogP contribution in [0.4, 0.5) is 0 Å². The van der Waals surface area contributed by atoms with Crippen molar-refractivity contribution in [2.24, 2.45) is 0 Å². The summed E-state index contributed by atoms with van der Waals surface area (Å²) >= 11 is 0. The third-order valence-electron chi connectivity index (χ3n) is 1.41. The van der Waals surface area contributed by atoms with Crippen molar-refractivity contribution in [1.82, 2.24) is 5.32 Å². The average Bonchev–Trinajstić information content (AvgIpc) is 2.17.